The number of nitrogen functional groups attached to an aromatic ring is 1. The van der Waals surface area contributed by atoms with Crippen LogP contribution in [-0.2, 0) is 0 Å². The Morgan fingerprint density at radius 1 is 1.36 bits per heavy atom. The van der Waals surface area contributed by atoms with Gasteiger partial charge in [0, 0.05) is 19.3 Å². The van der Waals surface area contributed by atoms with Crippen LogP contribution in [0.3, 0.4) is 0 Å². The van der Waals surface area contributed by atoms with Crippen molar-refractivity contribution in [2.75, 3.05) is 24.2 Å². The Bertz CT molecular complexity index is 770. The normalized spacial score (nSPS) is 10.8. The Balaban J connectivity index is 2.38. The minimum Gasteiger partial charge on any atom is -0.381 e. The molecule has 0 aliphatic rings. The van der Waals surface area contributed by atoms with Crippen LogP contribution in [0.25, 0.3) is 11.6 Å². The molecule has 0 radical (unpaired) electrons. The highest BCUT2D eigenvalue weighted by molar-refractivity contribution is 5.91. The summed E-state index contributed by atoms with van der Waals surface area (Å²) in [6, 6.07) is 11.8. The lowest BCUT2D eigenvalue weighted by atomic mass is 10.1. The summed E-state index contributed by atoms with van der Waals surface area (Å²) in [5.41, 5.74) is 8.41. The molecule has 0 bridgehead atoms. The third-order valence-electron chi connectivity index (χ3n) is 3.42. The van der Waals surface area contributed by atoms with Crippen LogP contribution in [0.4, 0.5) is 11.5 Å². The van der Waals surface area contributed by atoms with Crippen molar-refractivity contribution in [2.45, 2.75) is 6.92 Å². The third-order valence-corrected chi connectivity index (χ3v) is 3.42. The SMILES string of the molecule is CCN(C)c1ccc(C=C(C#N)c2[nH]nc(N)c2C#N)cc1. The van der Waals surface area contributed by atoms with E-state index in [1.807, 2.05) is 37.4 Å². The maximum Gasteiger partial charge on any atom is 0.163 e. The summed E-state index contributed by atoms with van der Waals surface area (Å²) in [4.78, 5) is 2.11. The van der Waals surface area contributed by atoms with E-state index in [0.717, 1.165) is 17.8 Å². The molecular formula is C16H16N6. The lowest BCUT2D eigenvalue weighted by Gasteiger charge is -2.16. The molecule has 0 aliphatic heterocycles. The topological polar surface area (TPSA) is 106 Å². The molecule has 22 heavy (non-hydrogen) atoms. The Kier molecular flexibility index (Phi) is 4.45. The van der Waals surface area contributed by atoms with E-state index in [9.17, 15) is 5.26 Å². The predicted molar refractivity (Wildman–Crippen MR) is 86.6 cm³/mol. The molecule has 0 saturated carbocycles. The van der Waals surface area contributed by atoms with Gasteiger partial charge >= 0.3 is 0 Å². The van der Waals surface area contributed by atoms with Crippen molar-refractivity contribution in [3.63, 3.8) is 0 Å². The standard InChI is InChI=1S/C16H16N6/c1-3-22(2)13-6-4-11(5-7-13)8-12(9-17)15-14(10-18)16(19)21-20-15/h4-8H,3H2,1-2H3,(H3,19,20,21). The molecule has 110 valence electrons. The molecule has 1 heterocycles. The number of nitriles is 2. The number of nitrogens with two attached hydrogens (primary N) is 1. The summed E-state index contributed by atoms with van der Waals surface area (Å²) in [7, 11) is 2.01. The van der Waals surface area contributed by atoms with Crippen LogP contribution in [0.2, 0.25) is 0 Å². The first-order valence-corrected chi connectivity index (χ1v) is 6.78. The van der Waals surface area contributed by atoms with Crippen LogP contribution in [0.5, 0.6) is 0 Å². The molecule has 6 nitrogen and oxygen atoms in total. The van der Waals surface area contributed by atoms with E-state index in [0.29, 0.717) is 11.3 Å². The summed E-state index contributed by atoms with van der Waals surface area (Å²) >= 11 is 0. The van der Waals surface area contributed by atoms with E-state index in [4.69, 9.17) is 11.0 Å². The summed E-state index contributed by atoms with van der Waals surface area (Å²) in [5, 5.41) is 24.8. The van der Waals surface area contributed by atoms with Crippen molar-refractivity contribution in [2.24, 2.45) is 0 Å². The number of H-pyrrole nitrogens is 1. The van der Waals surface area contributed by atoms with Crippen molar-refractivity contribution in [3.8, 4) is 12.1 Å². The highest BCUT2D eigenvalue weighted by atomic mass is 15.2. The number of rotatable bonds is 4. The van der Waals surface area contributed by atoms with Gasteiger partial charge in [-0.15, -0.1) is 0 Å². The van der Waals surface area contributed by atoms with Crippen molar-refractivity contribution in [1.29, 1.82) is 10.5 Å². The van der Waals surface area contributed by atoms with Gasteiger partial charge in [-0.1, -0.05) is 12.1 Å². The number of nitrogens with one attached hydrogen (secondary N) is 1. The maximum atomic E-state index is 9.33. The average molecular weight is 292 g/mol. The van der Waals surface area contributed by atoms with E-state index in [-0.39, 0.29) is 11.4 Å². The molecule has 1 aromatic heterocycles. The monoisotopic (exact) mass is 292 g/mol. The summed E-state index contributed by atoms with van der Waals surface area (Å²) < 4.78 is 0. The lowest BCUT2D eigenvalue weighted by molar-refractivity contribution is 0.968. The number of hydrogen-bond donors (Lipinski definition) is 2. The van der Waals surface area contributed by atoms with Crippen LogP contribution >= 0.6 is 0 Å². The number of allylic oxidation sites excluding steroid dienone is 1. The van der Waals surface area contributed by atoms with Crippen LogP contribution in [0.1, 0.15) is 23.7 Å². The second-order valence-corrected chi connectivity index (χ2v) is 4.75. The van der Waals surface area contributed by atoms with Crippen molar-refractivity contribution in [1.82, 2.24) is 10.2 Å². The molecule has 0 amide bonds. The van der Waals surface area contributed by atoms with E-state index < -0.39 is 0 Å². The van der Waals surface area contributed by atoms with E-state index in [1.54, 1.807) is 6.08 Å². The minimum atomic E-state index is 0.0959. The van der Waals surface area contributed by atoms with Gasteiger partial charge in [0.1, 0.15) is 17.7 Å². The molecule has 1 aromatic carbocycles. The first kappa shape index (κ1) is 15.1. The van der Waals surface area contributed by atoms with Crippen LogP contribution in [0, 0.1) is 22.7 Å². The minimum absolute atomic E-state index is 0.0959. The Labute approximate surface area is 129 Å². The molecule has 3 N–H and O–H groups in total. The second-order valence-electron chi connectivity index (χ2n) is 4.75. The highest BCUT2D eigenvalue weighted by Gasteiger charge is 2.14. The van der Waals surface area contributed by atoms with Gasteiger partial charge in [0.05, 0.1) is 11.3 Å². The first-order chi connectivity index (χ1) is 10.6. The zero-order chi connectivity index (χ0) is 16.1. The number of benzene rings is 1. The molecule has 6 heteroatoms. The molecule has 0 unspecified atom stereocenters. The summed E-state index contributed by atoms with van der Waals surface area (Å²) in [6.45, 7) is 2.99. The molecular weight excluding hydrogens is 276 g/mol. The largest absolute Gasteiger partial charge is 0.381 e. The Hall–Kier alpha value is -3.25. The Morgan fingerprint density at radius 3 is 2.59 bits per heavy atom. The molecule has 2 rings (SSSR count). The summed E-state index contributed by atoms with van der Waals surface area (Å²) in [5.74, 6) is 0.0959. The van der Waals surface area contributed by atoms with Gasteiger partial charge in [0.2, 0.25) is 0 Å². The smallest absolute Gasteiger partial charge is 0.163 e. The molecule has 0 fully saturated rings. The zero-order valence-corrected chi connectivity index (χ0v) is 12.5. The fraction of sp³-hybridized carbons (Fsp3) is 0.188. The van der Waals surface area contributed by atoms with E-state index >= 15 is 0 Å². The van der Waals surface area contributed by atoms with Gasteiger partial charge in [0.25, 0.3) is 0 Å². The molecule has 2 aromatic rings. The maximum absolute atomic E-state index is 9.33. The van der Waals surface area contributed by atoms with Gasteiger partial charge in [-0.2, -0.15) is 15.6 Å². The van der Waals surface area contributed by atoms with E-state index in [2.05, 4.69) is 28.1 Å². The number of aromatic amines is 1. The third kappa shape index (κ3) is 2.92. The number of aromatic nitrogens is 2. The zero-order valence-electron chi connectivity index (χ0n) is 12.5. The molecule has 0 saturated heterocycles. The fourth-order valence-electron chi connectivity index (χ4n) is 2.00. The van der Waals surface area contributed by atoms with Crippen LogP contribution < -0.4 is 10.6 Å². The highest BCUT2D eigenvalue weighted by Crippen LogP contribution is 2.23. The van der Waals surface area contributed by atoms with Gasteiger partial charge in [0.15, 0.2) is 5.82 Å². The molecule has 0 atom stereocenters. The predicted octanol–water partition coefficient (Wildman–Crippen LogP) is 2.38. The van der Waals surface area contributed by atoms with E-state index in [1.165, 1.54) is 0 Å². The number of anilines is 2. The number of nitrogens with zero attached hydrogens (tertiary/aromatic N) is 4. The van der Waals surface area contributed by atoms with Crippen molar-refractivity contribution >= 4 is 23.2 Å². The van der Waals surface area contributed by atoms with Gasteiger partial charge < -0.3 is 10.6 Å². The van der Waals surface area contributed by atoms with Crippen molar-refractivity contribution in [3.05, 3.63) is 41.1 Å². The lowest BCUT2D eigenvalue weighted by Crippen LogP contribution is -2.15. The van der Waals surface area contributed by atoms with Crippen LogP contribution in [-0.4, -0.2) is 23.8 Å². The number of hydrogen-bond acceptors (Lipinski definition) is 5. The second kappa shape index (κ2) is 6.47. The van der Waals surface area contributed by atoms with Gasteiger partial charge in [-0.3, -0.25) is 5.10 Å². The van der Waals surface area contributed by atoms with Gasteiger partial charge in [-0.05, 0) is 30.7 Å². The average Bonchev–Trinajstić information content (AvgIpc) is 2.93. The fourth-order valence-corrected chi connectivity index (χ4v) is 2.00. The summed E-state index contributed by atoms with van der Waals surface area (Å²) in [6.07, 6.45) is 1.70. The van der Waals surface area contributed by atoms with Crippen molar-refractivity contribution < 1.29 is 0 Å². The molecule has 0 aliphatic carbocycles. The first-order valence-electron chi connectivity index (χ1n) is 6.78. The Morgan fingerprint density at radius 2 is 2.05 bits per heavy atom. The van der Waals surface area contributed by atoms with Crippen LogP contribution in [0.15, 0.2) is 24.3 Å². The quantitative estimate of drug-likeness (QED) is 0.842. The molecule has 0 spiro atoms. The van der Waals surface area contributed by atoms with Gasteiger partial charge in [-0.25, -0.2) is 0 Å².